The van der Waals surface area contributed by atoms with Gasteiger partial charge in [0.15, 0.2) is 6.20 Å². The zero-order valence-electron chi connectivity index (χ0n) is 5.67. The van der Waals surface area contributed by atoms with E-state index in [1.165, 1.54) is 4.80 Å². The molecule has 1 aromatic heterocycles. The van der Waals surface area contributed by atoms with E-state index < -0.39 is 4.92 Å². The van der Waals surface area contributed by atoms with Crippen LogP contribution >= 0.6 is 0 Å². The van der Waals surface area contributed by atoms with Crippen molar-refractivity contribution in [2.75, 3.05) is 6.54 Å². The average molecular weight is 157 g/mol. The van der Waals surface area contributed by atoms with Crippen molar-refractivity contribution in [3.8, 4) is 0 Å². The SMILES string of the molecule is NCCn1ncc([N+](=O)[O-])n1. The zero-order valence-corrected chi connectivity index (χ0v) is 5.67. The lowest BCUT2D eigenvalue weighted by Gasteiger charge is -1.86. The molecular weight excluding hydrogens is 150 g/mol. The summed E-state index contributed by atoms with van der Waals surface area (Å²) in [5, 5.41) is 17.2. The molecule has 7 heteroatoms. The van der Waals surface area contributed by atoms with Gasteiger partial charge in [0.25, 0.3) is 0 Å². The van der Waals surface area contributed by atoms with Gasteiger partial charge in [-0.25, -0.2) is 0 Å². The number of aromatic nitrogens is 3. The van der Waals surface area contributed by atoms with Crippen LogP contribution in [0.4, 0.5) is 5.82 Å². The molecule has 0 aliphatic heterocycles. The predicted octanol–water partition coefficient (Wildman–Crippen LogP) is -0.855. The van der Waals surface area contributed by atoms with E-state index in [1.54, 1.807) is 0 Å². The topological polar surface area (TPSA) is 99.9 Å². The smallest absolute Gasteiger partial charge is 0.358 e. The lowest BCUT2D eigenvalue weighted by Crippen LogP contribution is -2.12. The minimum absolute atomic E-state index is 0.251. The van der Waals surface area contributed by atoms with Gasteiger partial charge in [-0.3, -0.25) is 0 Å². The molecule has 0 aliphatic rings. The van der Waals surface area contributed by atoms with Crippen molar-refractivity contribution in [2.45, 2.75) is 6.54 Å². The Morgan fingerprint density at radius 1 is 1.82 bits per heavy atom. The van der Waals surface area contributed by atoms with Gasteiger partial charge in [-0.2, -0.15) is 0 Å². The minimum Gasteiger partial charge on any atom is -0.358 e. The molecule has 1 rings (SSSR count). The lowest BCUT2D eigenvalue weighted by atomic mass is 10.7. The Hall–Kier alpha value is -1.50. The van der Waals surface area contributed by atoms with Crippen LogP contribution in [0.3, 0.4) is 0 Å². The second-order valence-corrected chi connectivity index (χ2v) is 1.84. The Kier molecular flexibility index (Phi) is 2.12. The second kappa shape index (κ2) is 3.06. The fourth-order valence-corrected chi connectivity index (χ4v) is 0.595. The summed E-state index contributed by atoms with van der Waals surface area (Å²) in [5.74, 6) is -0.251. The van der Waals surface area contributed by atoms with Crippen LogP contribution < -0.4 is 5.73 Å². The molecule has 0 amide bonds. The third kappa shape index (κ3) is 1.71. The number of rotatable bonds is 3. The van der Waals surface area contributed by atoms with Gasteiger partial charge in [-0.1, -0.05) is 4.80 Å². The number of nitrogens with zero attached hydrogens (tertiary/aromatic N) is 4. The van der Waals surface area contributed by atoms with E-state index in [2.05, 4.69) is 10.2 Å². The van der Waals surface area contributed by atoms with Gasteiger partial charge in [0, 0.05) is 6.54 Å². The molecule has 1 heterocycles. The summed E-state index contributed by atoms with van der Waals surface area (Å²) in [6.45, 7) is 0.764. The van der Waals surface area contributed by atoms with E-state index >= 15 is 0 Å². The van der Waals surface area contributed by atoms with Crippen LogP contribution in [0.1, 0.15) is 0 Å². The molecule has 2 N–H and O–H groups in total. The van der Waals surface area contributed by atoms with Gasteiger partial charge in [0.1, 0.15) is 0 Å². The summed E-state index contributed by atoms with van der Waals surface area (Å²) >= 11 is 0. The van der Waals surface area contributed by atoms with Crippen LogP contribution in [0.5, 0.6) is 0 Å². The Morgan fingerprint density at radius 2 is 2.55 bits per heavy atom. The highest BCUT2D eigenvalue weighted by Crippen LogP contribution is 2.00. The van der Waals surface area contributed by atoms with Crippen LogP contribution in [0, 0.1) is 10.1 Å². The molecule has 0 aromatic carbocycles. The predicted molar refractivity (Wildman–Crippen MR) is 35.7 cm³/mol. The Labute approximate surface area is 61.9 Å². The second-order valence-electron chi connectivity index (χ2n) is 1.84. The van der Waals surface area contributed by atoms with Crippen molar-refractivity contribution in [2.24, 2.45) is 5.73 Å². The Balaban J connectivity index is 2.73. The van der Waals surface area contributed by atoms with E-state index in [0.29, 0.717) is 13.1 Å². The van der Waals surface area contributed by atoms with Gasteiger partial charge in [0.05, 0.1) is 11.6 Å². The normalized spacial score (nSPS) is 9.91. The number of nitrogens with two attached hydrogens (primary N) is 1. The van der Waals surface area contributed by atoms with Crippen LogP contribution in [0.15, 0.2) is 6.20 Å². The van der Waals surface area contributed by atoms with Gasteiger partial charge < -0.3 is 15.8 Å². The van der Waals surface area contributed by atoms with Crippen LogP contribution in [-0.2, 0) is 6.54 Å². The molecule has 60 valence electrons. The molecular formula is C4H7N5O2. The maximum absolute atomic E-state index is 10.1. The third-order valence-corrected chi connectivity index (χ3v) is 1.04. The highest BCUT2D eigenvalue weighted by molar-refractivity contribution is 5.07. The highest BCUT2D eigenvalue weighted by atomic mass is 16.6. The molecule has 11 heavy (non-hydrogen) atoms. The molecule has 0 radical (unpaired) electrons. The van der Waals surface area contributed by atoms with Crippen molar-refractivity contribution in [1.29, 1.82) is 0 Å². The Bertz CT molecular complexity index is 257. The van der Waals surface area contributed by atoms with Crippen molar-refractivity contribution < 1.29 is 4.92 Å². The third-order valence-electron chi connectivity index (χ3n) is 1.04. The molecule has 0 bridgehead atoms. The summed E-state index contributed by atoms with van der Waals surface area (Å²) < 4.78 is 0. The van der Waals surface area contributed by atoms with Gasteiger partial charge in [0.2, 0.25) is 0 Å². The first kappa shape index (κ1) is 7.61. The first-order valence-corrected chi connectivity index (χ1v) is 2.98. The maximum atomic E-state index is 10.1. The standard InChI is InChI=1S/C4H7N5O2/c5-1-2-8-6-3-4(7-8)9(10)11/h3H,1-2,5H2. The summed E-state index contributed by atoms with van der Waals surface area (Å²) in [6, 6.07) is 0. The fraction of sp³-hybridized carbons (Fsp3) is 0.500. The van der Waals surface area contributed by atoms with E-state index in [4.69, 9.17) is 5.73 Å². The fourth-order valence-electron chi connectivity index (χ4n) is 0.595. The lowest BCUT2D eigenvalue weighted by molar-refractivity contribution is -0.389. The summed E-state index contributed by atoms with van der Waals surface area (Å²) in [4.78, 5) is 10.7. The van der Waals surface area contributed by atoms with Crippen molar-refractivity contribution in [1.82, 2.24) is 15.0 Å². The summed E-state index contributed by atoms with van der Waals surface area (Å²) in [6.07, 6.45) is 1.09. The number of hydrogen-bond acceptors (Lipinski definition) is 5. The number of nitro groups is 1. The van der Waals surface area contributed by atoms with Gasteiger partial charge >= 0.3 is 5.82 Å². The zero-order chi connectivity index (χ0) is 8.27. The average Bonchev–Trinajstić information content (AvgIpc) is 2.37. The molecule has 0 atom stereocenters. The molecule has 0 fully saturated rings. The first-order chi connectivity index (χ1) is 5.24. The highest BCUT2D eigenvalue weighted by Gasteiger charge is 2.10. The largest absolute Gasteiger partial charge is 0.410 e. The van der Waals surface area contributed by atoms with Crippen LogP contribution in [0.2, 0.25) is 0 Å². The van der Waals surface area contributed by atoms with E-state index in [0.717, 1.165) is 6.20 Å². The summed E-state index contributed by atoms with van der Waals surface area (Å²) in [5.41, 5.74) is 5.18. The van der Waals surface area contributed by atoms with E-state index in [-0.39, 0.29) is 5.82 Å². The molecule has 0 saturated carbocycles. The molecule has 0 aliphatic carbocycles. The minimum atomic E-state index is -0.597. The molecule has 1 aromatic rings. The first-order valence-electron chi connectivity index (χ1n) is 2.98. The van der Waals surface area contributed by atoms with Gasteiger partial charge in [-0.05, 0) is 4.92 Å². The van der Waals surface area contributed by atoms with Crippen LogP contribution in [0.25, 0.3) is 0 Å². The van der Waals surface area contributed by atoms with Gasteiger partial charge in [-0.15, -0.1) is 5.10 Å². The quantitative estimate of drug-likeness (QED) is 0.454. The van der Waals surface area contributed by atoms with Crippen molar-refractivity contribution in [3.63, 3.8) is 0 Å². The Morgan fingerprint density at radius 3 is 3.00 bits per heavy atom. The molecule has 0 saturated heterocycles. The van der Waals surface area contributed by atoms with Crippen LogP contribution in [-0.4, -0.2) is 26.5 Å². The van der Waals surface area contributed by atoms with Crippen molar-refractivity contribution in [3.05, 3.63) is 16.3 Å². The van der Waals surface area contributed by atoms with Crippen molar-refractivity contribution >= 4 is 5.82 Å². The van der Waals surface area contributed by atoms with E-state index in [9.17, 15) is 10.1 Å². The molecule has 7 nitrogen and oxygen atoms in total. The molecule has 0 unspecified atom stereocenters. The monoisotopic (exact) mass is 157 g/mol. The van der Waals surface area contributed by atoms with E-state index in [1.807, 2.05) is 0 Å². The summed E-state index contributed by atoms with van der Waals surface area (Å²) in [7, 11) is 0. The molecule has 0 spiro atoms. The maximum Gasteiger partial charge on any atom is 0.410 e. The number of hydrogen-bond donors (Lipinski definition) is 1.